The van der Waals surface area contributed by atoms with Gasteiger partial charge in [0.2, 0.25) is 0 Å². The van der Waals surface area contributed by atoms with Crippen LogP contribution in [0.15, 0.2) is 48.5 Å². The minimum atomic E-state index is -0.613. The van der Waals surface area contributed by atoms with Gasteiger partial charge >= 0.3 is 0 Å². The van der Waals surface area contributed by atoms with E-state index in [2.05, 4.69) is 0 Å². The molecule has 0 spiro atoms. The lowest BCUT2D eigenvalue weighted by molar-refractivity contribution is 0.0998. The number of para-hydroxylation sites is 3. The molecule has 0 radical (unpaired) electrons. The van der Waals surface area contributed by atoms with Crippen LogP contribution in [0.25, 0.3) is 0 Å². The third-order valence-electron chi connectivity index (χ3n) is 2.11. The summed E-state index contributed by atoms with van der Waals surface area (Å²) in [5, 5.41) is 17.8. The fourth-order valence-electron chi connectivity index (χ4n) is 1.17. The molecule has 1 amide bonds. The standard InChI is InChI=1S/C7H7NO2.C6H7NO/c8-7(10)5-3-1-2-4-6(5)9;7-5-3-1-2-4-6(5)8/h1-4,9H,(H2,8,10);1-4,8H,7H2. The lowest BCUT2D eigenvalue weighted by Crippen LogP contribution is -2.10. The van der Waals surface area contributed by atoms with Crippen molar-refractivity contribution in [1.82, 2.24) is 0 Å². The van der Waals surface area contributed by atoms with Gasteiger partial charge in [0, 0.05) is 0 Å². The van der Waals surface area contributed by atoms with E-state index in [9.17, 15) is 4.79 Å². The molecule has 0 saturated carbocycles. The first-order valence-electron chi connectivity index (χ1n) is 5.13. The fourth-order valence-corrected chi connectivity index (χ4v) is 1.17. The van der Waals surface area contributed by atoms with Crippen molar-refractivity contribution >= 4 is 11.6 Å². The topological polar surface area (TPSA) is 110 Å². The number of benzene rings is 2. The highest BCUT2D eigenvalue weighted by atomic mass is 16.3. The van der Waals surface area contributed by atoms with Gasteiger partial charge in [-0.15, -0.1) is 0 Å². The highest BCUT2D eigenvalue weighted by Crippen LogP contribution is 2.16. The van der Waals surface area contributed by atoms with Crippen LogP contribution in [-0.2, 0) is 0 Å². The van der Waals surface area contributed by atoms with Crippen molar-refractivity contribution in [3.63, 3.8) is 0 Å². The highest BCUT2D eigenvalue weighted by Gasteiger charge is 2.03. The van der Waals surface area contributed by atoms with Crippen molar-refractivity contribution in [2.45, 2.75) is 0 Å². The van der Waals surface area contributed by atoms with E-state index in [1.54, 1.807) is 36.4 Å². The molecule has 0 saturated heterocycles. The van der Waals surface area contributed by atoms with Crippen LogP contribution < -0.4 is 11.5 Å². The first kappa shape index (κ1) is 13.4. The largest absolute Gasteiger partial charge is 0.507 e. The van der Waals surface area contributed by atoms with Crippen molar-refractivity contribution in [1.29, 1.82) is 0 Å². The van der Waals surface area contributed by atoms with Crippen LogP contribution in [0.4, 0.5) is 5.69 Å². The SMILES string of the molecule is NC(=O)c1ccccc1O.Nc1ccccc1O. The number of phenolic OH excluding ortho intramolecular Hbond substituents is 1. The number of rotatable bonds is 1. The summed E-state index contributed by atoms with van der Waals surface area (Å²) >= 11 is 0. The minimum Gasteiger partial charge on any atom is -0.507 e. The summed E-state index contributed by atoms with van der Waals surface area (Å²) in [6.45, 7) is 0. The van der Waals surface area contributed by atoms with E-state index in [1.807, 2.05) is 0 Å². The maximum Gasteiger partial charge on any atom is 0.252 e. The van der Waals surface area contributed by atoms with E-state index in [0.29, 0.717) is 5.69 Å². The fraction of sp³-hybridized carbons (Fsp3) is 0. The van der Waals surface area contributed by atoms with E-state index >= 15 is 0 Å². The molecule has 2 aromatic rings. The maximum absolute atomic E-state index is 10.5. The molecule has 0 fully saturated rings. The van der Waals surface area contributed by atoms with Gasteiger partial charge in [-0.2, -0.15) is 0 Å². The summed E-state index contributed by atoms with van der Waals surface area (Å²) in [6, 6.07) is 12.9. The van der Waals surface area contributed by atoms with E-state index in [1.165, 1.54) is 12.1 Å². The molecule has 0 bridgehead atoms. The first-order valence-corrected chi connectivity index (χ1v) is 5.13. The summed E-state index contributed by atoms with van der Waals surface area (Å²) in [4.78, 5) is 10.5. The molecular weight excluding hydrogens is 232 g/mol. The van der Waals surface area contributed by atoms with Crippen molar-refractivity contribution in [3.05, 3.63) is 54.1 Å². The Balaban J connectivity index is 0.000000184. The van der Waals surface area contributed by atoms with E-state index < -0.39 is 5.91 Å². The van der Waals surface area contributed by atoms with E-state index in [-0.39, 0.29) is 17.1 Å². The first-order chi connectivity index (χ1) is 8.52. The van der Waals surface area contributed by atoms with Crippen LogP contribution in [0.3, 0.4) is 0 Å². The van der Waals surface area contributed by atoms with E-state index in [0.717, 1.165) is 0 Å². The van der Waals surface area contributed by atoms with Gasteiger partial charge in [-0.05, 0) is 24.3 Å². The predicted molar refractivity (Wildman–Crippen MR) is 69.1 cm³/mol. The van der Waals surface area contributed by atoms with Gasteiger partial charge < -0.3 is 21.7 Å². The third-order valence-corrected chi connectivity index (χ3v) is 2.11. The van der Waals surface area contributed by atoms with Gasteiger partial charge in [-0.3, -0.25) is 4.79 Å². The lowest BCUT2D eigenvalue weighted by atomic mass is 10.2. The molecule has 0 unspecified atom stereocenters. The molecular formula is C13H14N2O3. The summed E-state index contributed by atoms with van der Waals surface area (Å²) in [6.07, 6.45) is 0. The average molecular weight is 246 g/mol. The van der Waals surface area contributed by atoms with Crippen molar-refractivity contribution in [3.8, 4) is 11.5 Å². The van der Waals surface area contributed by atoms with Gasteiger partial charge in [0.05, 0.1) is 11.3 Å². The average Bonchev–Trinajstić information content (AvgIpc) is 2.34. The number of primary amides is 1. The highest BCUT2D eigenvalue weighted by molar-refractivity contribution is 5.95. The molecule has 0 atom stereocenters. The Morgan fingerprint density at radius 3 is 1.72 bits per heavy atom. The molecule has 0 aromatic heterocycles. The second kappa shape index (κ2) is 6.15. The number of nitrogens with two attached hydrogens (primary N) is 2. The molecule has 2 rings (SSSR count). The summed E-state index contributed by atoms with van der Waals surface area (Å²) in [5.41, 5.74) is 10.8. The molecule has 18 heavy (non-hydrogen) atoms. The number of anilines is 1. The molecule has 94 valence electrons. The summed E-state index contributed by atoms with van der Waals surface area (Å²) < 4.78 is 0. The number of nitrogen functional groups attached to an aromatic ring is 1. The van der Waals surface area contributed by atoms with Crippen molar-refractivity contribution in [2.75, 3.05) is 5.73 Å². The molecule has 5 heteroatoms. The summed E-state index contributed by atoms with van der Waals surface area (Å²) in [5.74, 6) is -0.541. The van der Waals surface area contributed by atoms with Crippen LogP contribution in [0.5, 0.6) is 11.5 Å². The number of hydrogen-bond donors (Lipinski definition) is 4. The molecule has 2 aromatic carbocycles. The second-order valence-electron chi connectivity index (χ2n) is 3.44. The Kier molecular flexibility index (Phi) is 4.57. The molecule has 0 aliphatic heterocycles. The van der Waals surface area contributed by atoms with Gasteiger partial charge in [-0.25, -0.2) is 0 Å². The molecule has 0 aliphatic carbocycles. The maximum atomic E-state index is 10.5. The minimum absolute atomic E-state index is 0.0741. The zero-order chi connectivity index (χ0) is 13.5. The zero-order valence-electron chi connectivity index (χ0n) is 9.58. The zero-order valence-corrected chi connectivity index (χ0v) is 9.58. The van der Waals surface area contributed by atoms with E-state index in [4.69, 9.17) is 21.7 Å². The third kappa shape index (κ3) is 3.71. The van der Waals surface area contributed by atoms with Crippen LogP contribution in [0, 0.1) is 0 Å². The number of carbonyl (C=O) groups is 1. The number of amides is 1. The number of aromatic hydroxyl groups is 2. The smallest absolute Gasteiger partial charge is 0.252 e. The lowest BCUT2D eigenvalue weighted by Gasteiger charge is -1.96. The molecule has 6 N–H and O–H groups in total. The number of phenols is 2. The monoisotopic (exact) mass is 246 g/mol. The van der Waals surface area contributed by atoms with Crippen molar-refractivity contribution in [2.24, 2.45) is 5.73 Å². The van der Waals surface area contributed by atoms with Gasteiger partial charge in [0.1, 0.15) is 11.5 Å². The number of carbonyl (C=O) groups excluding carboxylic acids is 1. The Bertz CT molecular complexity index is 520. The summed E-state index contributed by atoms with van der Waals surface area (Å²) in [7, 11) is 0. The Hall–Kier alpha value is -2.69. The Morgan fingerprint density at radius 2 is 1.39 bits per heavy atom. The van der Waals surface area contributed by atoms with Gasteiger partial charge in [0.25, 0.3) is 5.91 Å². The quantitative estimate of drug-likeness (QED) is 0.451. The Labute approximate surface area is 104 Å². The van der Waals surface area contributed by atoms with Crippen LogP contribution in [0.1, 0.15) is 10.4 Å². The van der Waals surface area contributed by atoms with Crippen LogP contribution in [0.2, 0.25) is 0 Å². The normalized spacial score (nSPS) is 9.11. The molecule has 0 aliphatic rings. The second-order valence-corrected chi connectivity index (χ2v) is 3.44. The van der Waals surface area contributed by atoms with Crippen LogP contribution in [-0.4, -0.2) is 16.1 Å². The van der Waals surface area contributed by atoms with Crippen molar-refractivity contribution < 1.29 is 15.0 Å². The molecule has 5 nitrogen and oxygen atoms in total. The van der Waals surface area contributed by atoms with Gasteiger partial charge in [-0.1, -0.05) is 24.3 Å². The predicted octanol–water partition coefficient (Wildman–Crippen LogP) is 1.47. The molecule has 0 heterocycles. The Morgan fingerprint density at radius 1 is 0.889 bits per heavy atom. The van der Waals surface area contributed by atoms with Gasteiger partial charge in [0.15, 0.2) is 0 Å². The number of hydrogen-bond acceptors (Lipinski definition) is 4. The van der Waals surface area contributed by atoms with Crippen LogP contribution >= 0.6 is 0 Å².